The summed E-state index contributed by atoms with van der Waals surface area (Å²) in [7, 11) is 4.05. The minimum absolute atomic E-state index is 0.0130. The van der Waals surface area contributed by atoms with Crippen molar-refractivity contribution in [2.75, 3.05) is 29.6 Å². The van der Waals surface area contributed by atoms with Crippen molar-refractivity contribution in [3.63, 3.8) is 0 Å². The molecule has 1 heterocycles. The zero-order valence-corrected chi connectivity index (χ0v) is 21.0. The normalized spacial score (nSPS) is 19.4. The fourth-order valence-electron chi connectivity index (χ4n) is 5.02. The Labute approximate surface area is 206 Å². The molecule has 3 N–H and O–H groups in total. The fraction of sp³-hybridized carbons (Fsp3) is 0.560. The lowest BCUT2D eigenvalue weighted by molar-refractivity contribution is -0.384. The predicted molar refractivity (Wildman–Crippen MR) is 137 cm³/mol. The number of carbonyl (C=O) groups excluding carboxylic acids is 1. The Balaban J connectivity index is 1.34. The molecule has 2 aromatic rings. The number of rotatable bonds is 6. The number of nitro benzene ring substituents is 1. The minimum atomic E-state index is -0.469. The van der Waals surface area contributed by atoms with E-state index in [2.05, 4.69) is 20.9 Å². The van der Waals surface area contributed by atoms with Crippen molar-refractivity contribution >= 4 is 29.2 Å². The van der Waals surface area contributed by atoms with Gasteiger partial charge in [0.2, 0.25) is 5.95 Å². The summed E-state index contributed by atoms with van der Waals surface area (Å²) < 4.78 is 0. The number of nitro groups is 1. The fourth-order valence-corrected chi connectivity index (χ4v) is 5.02. The van der Waals surface area contributed by atoms with Crippen LogP contribution >= 0.6 is 0 Å². The molecule has 10 heteroatoms. The maximum Gasteiger partial charge on any atom is 0.319 e. The second-order valence-electron chi connectivity index (χ2n) is 9.85. The molecule has 2 aliphatic carbocycles. The monoisotopic (exact) mass is 481 g/mol. The quantitative estimate of drug-likeness (QED) is 0.410. The van der Waals surface area contributed by atoms with Gasteiger partial charge in [-0.05, 0) is 76.3 Å². The number of benzene rings is 1. The lowest BCUT2D eigenvalue weighted by atomic mass is 9.91. The molecule has 188 valence electrons. The van der Waals surface area contributed by atoms with Crippen LogP contribution in [0.3, 0.4) is 0 Å². The van der Waals surface area contributed by atoms with Crippen LogP contribution in [0.4, 0.5) is 27.9 Å². The maximum atomic E-state index is 12.6. The third kappa shape index (κ3) is 5.63. The molecule has 0 spiro atoms. The van der Waals surface area contributed by atoms with Crippen molar-refractivity contribution in [3.8, 4) is 0 Å². The lowest BCUT2D eigenvalue weighted by Crippen LogP contribution is -2.42. The highest BCUT2D eigenvalue weighted by Gasteiger charge is 2.26. The Morgan fingerprint density at radius 1 is 1.06 bits per heavy atom. The Morgan fingerprint density at radius 3 is 2.43 bits per heavy atom. The number of hydrogen-bond acceptors (Lipinski definition) is 7. The first-order chi connectivity index (χ1) is 16.7. The van der Waals surface area contributed by atoms with E-state index in [9.17, 15) is 14.9 Å². The molecule has 0 unspecified atom stereocenters. The molecule has 35 heavy (non-hydrogen) atoms. The second kappa shape index (κ2) is 10.5. The van der Waals surface area contributed by atoms with Gasteiger partial charge in [0.15, 0.2) is 0 Å². The molecule has 10 nitrogen and oxygen atoms in total. The summed E-state index contributed by atoms with van der Waals surface area (Å²) in [4.78, 5) is 35.3. The minimum Gasteiger partial charge on any atom is -0.362 e. The topological polar surface area (TPSA) is 125 Å². The SMILES string of the molecule is Cc1ccc([N+](=O)[O-])c(NC(=O)N[C@H]2CC[C@@H](Nc3nc4c(c(N(C)C)n3)CCCC4)CC2)c1C. The van der Waals surface area contributed by atoms with Gasteiger partial charge < -0.3 is 20.9 Å². The van der Waals surface area contributed by atoms with Crippen LogP contribution in [-0.2, 0) is 12.8 Å². The molecule has 0 saturated heterocycles. The molecular formula is C25H35N7O3. The summed E-state index contributed by atoms with van der Waals surface area (Å²) >= 11 is 0. The first-order valence-corrected chi connectivity index (χ1v) is 12.4. The van der Waals surface area contributed by atoms with Crippen LogP contribution in [0.1, 0.15) is 60.9 Å². The molecular weight excluding hydrogens is 446 g/mol. The molecule has 2 amide bonds. The Hall–Kier alpha value is -3.43. The first kappa shape index (κ1) is 24.7. The van der Waals surface area contributed by atoms with E-state index >= 15 is 0 Å². The van der Waals surface area contributed by atoms with Crippen molar-refractivity contribution in [1.82, 2.24) is 15.3 Å². The molecule has 0 bridgehead atoms. The molecule has 0 radical (unpaired) electrons. The van der Waals surface area contributed by atoms with Gasteiger partial charge in [0.1, 0.15) is 11.5 Å². The molecule has 1 fully saturated rings. The Bertz CT molecular complexity index is 1110. The second-order valence-corrected chi connectivity index (χ2v) is 9.85. The summed E-state index contributed by atoms with van der Waals surface area (Å²) in [5.74, 6) is 1.69. The molecule has 4 rings (SSSR count). The molecule has 2 aliphatic rings. The summed E-state index contributed by atoms with van der Waals surface area (Å²) in [5, 5.41) is 20.6. The van der Waals surface area contributed by atoms with Gasteiger partial charge in [-0.2, -0.15) is 4.98 Å². The molecule has 1 aromatic heterocycles. The number of carbonyl (C=O) groups is 1. The van der Waals surface area contributed by atoms with Gasteiger partial charge in [0, 0.05) is 37.8 Å². The average molecular weight is 482 g/mol. The van der Waals surface area contributed by atoms with Crippen molar-refractivity contribution in [3.05, 3.63) is 44.6 Å². The van der Waals surface area contributed by atoms with Crippen LogP contribution in [0.25, 0.3) is 0 Å². The highest BCUT2D eigenvalue weighted by atomic mass is 16.6. The maximum absolute atomic E-state index is 12.6. The summed E-state index contributed by atoms with van der Waals surface area (Å²) in [6.45, 7) is 3.64. The largest absolute Gasteiger partial charge is 0.362 e. The van der Waals surface area contributed by atoms with Gasteiger partial charge in [0.05, 0.1) is 10.6 Å². The summed E-state index contributed by atoms with van der Waals surface area (Å²) in [5.41, 5.74) is 4.17. The van der Waals surface area contributed by atoms with Gasteiger partial charge in [0.25, 0.3) is 5.69 Å². The molecule has 1 aromatic carbocycles. The number of hydrogen-bond donors (Lipinski definition) is 3. The van der Waals surface area contributed by atoms with Crippen LogP contribution in [0.15, 0.2) is 12.1 Å². The number of anilines is 3. The van der Waals surface area contributed by atoms with Crippen molar-refractivity contribution < 1.29 is 9.72 Å². The number of amides is 2. The third-order valence-corrected chi connectivity index (χ3v) is 7.13. The van der Waals surface area contributed by atoms with Crippen LogP contribution in [0.2, 0.25) is 0 Å². The van der Waals surface area contributed by atoms with Crippen molar-refractivity contribution in [2.45, 2.75) is 77.3 Å². The number of aryl methyl sites for hydroxylation is 2. The highest BCUT2D eigenvalue weighted by Crippen LogP contribution is 2.31. The van der Waals surface area contributed by atoms with Gasteiger partial charge >= 0.3 is 6.03 Å². The number of aromatic nitrogens is 2. The van der Waals surface area contributed by atoms with Gasteiger partial charge in [-0.15, -0.1) is 0 Å². The van der Waals surface area contributed by atoms with Crippen LogP contribution in [-0.4, -0.2) is 47.1 Å². The number of urea groups is 1. The molecule has 0 aliphatic heterocycles. The van der Waals surface area contributed by atoms with Crippen LogP contribution in [0.5, 0.6) is 0 Å². The van der Waals surface area contributed by atoms with E-state index in [-0.39, 0.29) is 23.5 Å². The Kier molecular flexibility index (Phi) is 7.37. The number of fused-ring (bicyclic) bond motifs is 1. The number of nitrogens with one attached hydrogen (secondary N) is 3. The molecule has 1 saturated carbocycles. The van der Waals surface area contributed by atoms with E-state index in [1.807, 2.05) is 21.0 Å². The lowest BCUT2D eigenvalue weighted by Gasteiger charge is -2.30. The van der Waals surface area contributed by atoms with Crippen molar-refractivity contribution in [1.29, 1.82) is 0 Å². The van der Waals surface area contributed by atoms with E-state index in [4.69, 9.17) is 9.97 Å². The smallest absolute Gasteiger partial charge is 0.319 e. The standard InChI is InChI=1S/C25H35N7O3/c1-15-9-14-21(32(34)35)22(16(15)2)29-25(33)27-18-12-10-17(11-13-18)26-24-28-20-8-6-5-7-19(20)23(30-24)31(3)4/h9,14,17-18H,5-8,10-13H2,1-4H3,(H,26,28,30)(H2,27,29,33)/t17-,18+. The van der Waals surface area contributed by atoms with Gasteiger partial charge in [-0.1, -0.05) is 6.07 Å². The van der Waals surface area contributed by atoms with Crippen LogP contribution < -0.4 is 20.9 Å². The van der Waals surface area contributed by atoms with Crippen LogP contribution in [0, 0.1) is 24.0 Å². The van der Waals surface area contributed by atoms with E-state index in [0.717, 1.165) is 55.6 Å². The molecule has 0 atom stereocenters. The zero-order valence-electron chi connectivity index (χ0n) is 21.0. The van der Waals surface area contributed by atoms with E-state index in [1.165, 1.54) is 24.5 Å². The first-order valence-electron chi connectivity index (χ1n) is 12.4. The van der Waals surface area contributed by atoms with E-state index in [1.54, 1.807) is 13.0 Å². The predicted octanol–water partition coefficient (Wildman–Crippen LogP) is 4.49. The summed E-state index contributed by atoms with van der Waals surface area (Å²) in [6.07, 6.45) is 7.77. The number of nitrogens with zero attached hydrogens (tertiary/aromatic N) is 4. The Morgan fingerprint density at radius 2 is 1.74 bits per heavy atom. The van der Waals surface area contributed by atoms with E-state index < -0.39 is 11.0 Å². The van der Waals surface area contributed by atoms with Crippen molar-refractivity contribution in [2.24, 2.45) is 0 Å². The van der Waals surface area contributed by atoms with E-state index in [0.29, 0.717) is 11.5 Å². The van der Waals surface area contributed by atoms with Gasteiger partial charge in [-0.25, -0.2) is 9.78 Å². The average Bonchev–Trinajstić information content (AvgIpc) is 2.82. The highest BCUT2D eigenvalue weighted by molar-refractivity contribution is 5.93. The third-order valence-electron chi connectivity index (χ3n) is 7.13. The zero-order chi connectivity index (χ0) is 25.1. The van der Waals surface area contributed by atoms with Gasteiger partial charge in [-0.3, -0.25) is 10.1 Å². The summed E-state index contributed by atoms with van der Waals surface area (Å²) in [6, 6.07) is 2.97.